The molecule has 0 aliphatic rings. The van der Waals surface area contributed by atoms with Crippen LogP contribution in [-0.4, -0.2) is 10.1 Å². The molecule has 1 unspecified atom stereocenters. The maximum Gasteiger partial charge on any atom is 0.0781 e. The van der Waals surface area contributed by atoms with E-state index in [-0.39, 0.29) is 6.04 Å². The highest BCUT2D eigenvalue weighted by molar-refractivity contribution is 5.79. The smallest absolute Gasteiger partial charge is 0.0781 e. The van der Waals surface area contributed by atoms with Crippen LogP contribution in [0.5, 0.6) is 0 Å². The third kappa shape index (κ3) is 2.95. The van der Waals surface area contributed by atoms with Gasteiger partial charge in [-0.15, -0.1) is 0 Å². The maximum absolute atomic E-state index is 9.88. The minimum absolute atomic E-state index is 0.108. The van der Waals surface area contributed by atoms with E-state index < -0.39 is 6.10 Å². The fourth-order valence-electron chi connectivity index (χ4n) is 2.63. The van der Waals surface area contributed by atoms with E-state index in [4.69, 9.17) is 0 Å². The first-order valence-electron chi connectivity index (χ1n) is 7.53. The van der Waals surface area contributed by atoms with Gasteiger partial charge >= 0.3 is 0 Å². The zero-order valence-electron chi connectivity index (χ0n) is 12.8. The molecule has 1 heterocycles. The van der Waals surface area contributed by atoms with Gasteiger partial charge in [-0.2, -0.15) is 0 Å². The van der Waals surface area contributed by atoms with Crippen molar-refractivity contribution in [2.75, 3.05) is 5.32 Å². The zero-order valence-corrected chi connectivity index (χ0v) is 12.8. The van der Waals surface area contributed by atoms with Crippen LogP contribution in [-0.2, 0) is 0 Å². The summed E-state index contributed by atoms with van der Waals surface area (Å²) in [5, 5.41) is 14.5. The van der Waals surface area contributed by atoms with E-state index in [1.54, 1.807) is 6.92 Å². The van der Waals surface area contributed by atoms with Crippen LogP contribution in [0.4, 0.5) is 5.69 Å². The summed E-state index contributed by atoms with van der Waals surface area (Å²) in [6.07, 6.45) is 1.41. The van der Waals surface area contributed by atoms with Gasteiger partial charge in [-0.25, -0.2) is 0 Å². The number of benzene rings is 2. The predicted molar refractivity (Wildman–Crippen MR) is 90.9 cm³/mol. The van der Waals surface area contributed by atoms with Gasteiger partial charge in [0, 0.05) is 22.8 Å². The summed E-state index contributed by atoms with van der Waals surface area (Å²) in [6.45, 7) is 3.88. The SMILES string of the molecule is CC(Nc1ccccc1[C@@H](C)O)c1cnc2ccccc2c1. The number of rotatable bonds is 4. The number of aliphatic hydroxyl groups excluding tert-OH is 1. The summed E-state index contributed by atoms with van der Waals surface area (Å²) in [5.41, 5.74) is 3.99. The molecular weight excluding hydrogens is 272 g/mol. The van der Waals surface area contributed by atoms with Crippen LogP contribution in [0.25, 0.3) is 10.9 Å². The number of para-hydroxylation sites is 2. The van der Waals surface area contributed by atoms with Crippen LogP contribution in [0.2, 0.25) is 0 Å². The van der Waals surface area contributed by atoms with Gasteiger partial charge in [0.25, 0.3) is 0 Å². The molecule has 22 heavy (non-hydrogen) atoms. The third-order valence-corrected chi connectivity index (χ3v) is 3.89. The van der Waals surface area contributed by atoms with Crippen molar-refractivity contribution >= 4 is 16.6 Å². The highest BCUT2D eigenvalue weighted by Gasteiger charge is 2.11. The van der Waals surface area contributed by atoms with Crippen molar-refractivity contribution in [2.24, 2.45) is 0 Å². The van der Waals surface area contributed by atoms with Crippen LogP contribution in [0.3, 0.4) is 0 Å². The Balaban J connectivity index is 1.88. The van der Waals surface area contributed by atoms with Gasteiger partial charge < -0.3 is 10.4 Å². The molecule has 3 heteroatoms. The molecule has 3 aromatic rings. The average Bonchev–Trinajstić information content (AvgIpc) is 2.54. The largest absolute Gasteiger partial charge is 0.389 e. The summed E-state index contributed by atoms with van der Waals surface area (Å²) in [6, 6.07) is 18.2. The fourth-order valence-corrected chi connectivity index (χ4v) is 2.63. The molecule has 3 nitrogen and oxygen atoms in total. The van der Waals surface area contributed by atoms with Crippen LogP contribution in [0.15, 0.2) is 60.8 Å². The number of anilines is 1. The molecule has 0 aliphatic carbocycles. The number of hydrogen-bond donors (Lipinski definition) is 2. The number of nitrogens with zero attached hydrogens (tertiary/aromatic N) is 1. The quantitative estimate of drug-likeness (QED) is 0.746. The van der Waals surface area contributed by atoms with Crippen molar-refractivity contribution in [3.8, 4) is 0 Å². The molecule has 0 spiro atoms. The van der Waals surface area contributed by atoms with Crippen molar-refractivity contribution in [3.05, 3.63) is 71.9 Å². The van der Waals surface area contributed by atoms with E-state index in [2.05, 4.69) is 29.4 Å². The number of nitrogens with one attached hydrogen (secondary N) is 1. The second-order valence-electron chi connectivity index (χ2n) is 5.59. The van der Waals surface area contributed by atoms with Gasteiger partial charge in [-0.1, -0.05) is 36.4 Å². The van der Waals surface area contributed by atoms with Crippen molar-refractivity contribution in [3.63, 3.8) is 0 Å². The Morgan fingerprint density at radius 1 is 1.00 bits per heavy atom. The minimum Gasteiger partial charge on any atom is -0.389 e. The van der Waals surface area contributed by atoms with Gasteiger partial charge in [0.2, 0.25) is 0 Å². The lowest BCUT2D eigenvalue weighted by Gasteiger charge is -2.19. The lowest BCUT2D eigenvalue weighted by molar-refractivity contribution is 0.200. The van der Waals surface area contributed by atoms with Crippen LogP contribution < -0.4 is 5.32 Å². The van der Waals surface area contributed by atoms with E-state index in [1.807, 2.05) is 48.7 Å². The summed E-state index contributed by atoms with van der Waals surface area (Å²) in [7, 11) is 0. The van der Waals surface area contributed by atoms with Crippen LogP contribution in [0.1, 0.15) is 37.1 Å². The molecule has 2 N–H and O–H groups in total. The monoisotopic (exact) mass is 292 g/mol. The number of aliphatic hydroxyl groups is 1. The van der Waals surface area contributed by atoms with Crippen molar-refractivity contribution in [2.45, 2.75) is 26.0 Å². The third-order valence-electron chi connectivity index (χ3n) is 3.89. The molecule has 0 saturated heterocycles. The Bertz CT molecular complexity index is 783. The van der Waals surface area contributed by atoms with Crippen LogP contribution in [0, 0.1) is 0 Å². The molecule has 112 valence electrons. The van der Waals surface area contributed by atoms with Crippen LogP contribution >= 0.6 is 0 Å². The molecule has 0 bridgehead atoms. The van der Waals surface area contributed by atoms with Gasteiger partial charge in [0.15, 0.2) is 0 Å². The van der Waals surface area contributed by atoms with E-state index in [1.165, 1.54) is 0 Å². The summed E-state index contributed by atoms with van der Waals surface area (Å²) in [4.78, 5) is 4.51. The number of pyridine rings is 1. The lowest BCUT2D eigenvalue weighted by Crippen LogP contribution is -2.09. The lowest BCUT2D eigenvalue weighted by atomic mass is 10.0. The molecule has 3 rings (SSSR count). The highest BCUT2D eigenvalue weighted by Crippen LogP contribution is 2.27. The first-order chi connectivity index (χ1) is 10.6. The molecule has 2 atom stereocenters. The van der Waals surface area contributed by atoms with Gasteiger partial charge in [-0.3, -0.25) is 4.98 Å². The maximum atomic E-state index is 9.88. The second-order valence-corrected chi connectivity index (χ2v) is 5.59. The van der Waals surface area contributed by atoms with E-state index in [9.17, 15) is 5.11 Å². The van der Waals surface area contributed by atoms with E-state index in [0.29, 0.717) is 0 Å². The average molecular weight is 292 g/mol. The Morgan fingerprint density at radius 2 is 1.73 bits per heavy atom. The summed E-state index contributed by atoms with van der Waals surface area (Å²) < 4.78 is 0. The molecule has 0 aliphatic heterocycles. The zero-order chi connectivity index (χ0) is 15.5. The van der Waals surface area contributed by atoms with E-state index in [0.717, 1.165) is 27.7 Å². The first-order valence-corrected chi connectivity index (χ1v) is 7.53. The molecule has 0 amide bonds. The number of aromatic nitrogens is 1. The minimum atomic E-state index is -0.495. The standard InChI is InChI=1S/C19H20N2O/c1-13(21-19-10-6-4-8-17(19)14(2)22)16-11-15-7-3-5-9-18(15)20-12-16/h3-14,21-22H,1-2H3/t13?,14-/m1/s1. The highest BCUT2D eigenvalue weighted by atomic mass is 16.3. The molecule has 1 aromatic heterocycles. The summed E-state index contributed by atoms with van der Waals surface area (Å²) in [5.74, 6) is 0. The van der Waals surface area contributed by atoms with E-state index >= 15 is 0 Å². The van der Waals surface area contributed by atoms with Crippen molar-refractivity contribution in [1.29, 1.82) is 0 Å². The number of fused-ring (bicyclic) bond motifs is 1. The Labute approximate surface area is 130 Å². The van der Waals surface area contributed by atoms with Crippen molar-refractivity contribution < 1.29 is 5.11 Å². The molecular formula is C19H20N2O. The van der Waals surface area contributed by atoms with Gasteiger partial charge in [-0.05, 0) is 37.6 Å². The fraction of sp³-hybridized carbons (Fsp3) is 0.211. The second kappa shape index (κ2) is 6.16. The summed E-state index contributed by atoms with van der Waals surface area (Å²) >= 11 is 0. The Morgan fingerprint density at radius 3 is 2.55 bits per heavy atom. The predicted octanol–water partition coefficient (Wildman–Crippen LogP) is 4.46. The normalized spacial score (nSPS) is 13.8. The van der Waals surface area contributed by atoms with Gasteiger partial charge in [0.1, 0.15) is 0 Å². The Kier molecular flexibility index (Phi) is 4.07. The van der Waals surface area contributed by atoms with Gasteiger partial charge in [0.05, 0.1) is 17.7 Å². The molecule has 0 radical (unpaired) electrons. The van der Waals surface area contributed by atoms with Crippen molar-refractivity contribution in [1.82, 2.24) is 4.98 Å². The molecule has 0 saturated carbocycles. The topological polar surface area (TPSA) is 45.1 Å². The molecule has 0 fully saturated rings. The first kappa shape index (κ1) is 14.5. The molecule has 2 aromatic carbocycles. The Hall–Kier alpha value is -2.39. The number of hydrogen-bond acceptors (Lipinski definition) is 3.